The Balaban J connectivity index is 2.19. The molecule has 0 spiro atoms. The van der Waals surface area contributed by atoms with Gasteiger partial charge in [0.15, 0.2) is 0 Å². The molecule has 0 aliphatic carbocycles. The number of hydrogen-bond donors (Lipinski definition) is 1. The number of rotatable bonds is 3. The van der Waals surface area contributed by atoms with E-state index in [-0.39, 0.29) is 5.82 Å². The summed E-state index contributed by atoms with van der Waals surface area (Å²) in [4.78, 5) is 2.09. The minimum Gasteiger partial charge on any atom is -0.389 e. The second-order valence-corrected chi connectivity index (χ2v) is 5.92. The summed E-state index contributed by atoms with van der Waals surface area (Å²) in [6, 6.07) is 4.97. The smallest absolute Gasteiger partial charge is 0.146 e. The fourth-order valence-corrected chi connectivity index (χ4v) is 2.99. The van der Waals surface area contributed by atoms with E-state index in [0.717, 1.165) is 31.8 Å². The molecule has 0 aromatic heterocycles. The highest BCUT2D eigenvalue weighted by Gasteiger charge is 2.25. The maximum absolute atomic E-state index is 14.1. The Morgan fingerprint density at radius 2 is 1.84 bits per heavy atom. The van der Waals surface area contributed by atoms with Gasteiger partial charge in [0.25, 0.3) is 0 Å². The zero-order chi connectivity index (χ0) is 14.0. The van der Waals surface area contributed by atoms with Crippen molar-refractivity contribution in [2.24, 2.45) is 11.8 Å². The molecular weight excluding hydrogens is 241 g/mol. The van der Waals surface area contributed by atoms with Gasteiger partial charge in [-0.15, -0.1) is 0 Å². The van der Waals surface area contributed by atoms with Gasteiger partial charge in [-0.05, 0) is 37.7 Å². The van der Waals surface area contributed by atoms with E-state index >= 15 is 0 Å². The molecule has 1 atom stereocenters. The number of anilines is 1. The van der Waals surface area contributed by atoms with Gasteiger partial charge < -0.3 is 10.0 Å². The Morgan fingerprint density at radius 1 is 1.21 bits per heavy atom. The van der Waals surface area contributed by atoms with Crippen molar-refractivity contribution >= 4 is 5.69 Å². The molecule has 0 bridgehead atoms. The summed E-state index contributed by atoms with van der Waals surface area (Å²) >= 11 is 0. The van der Waals surface area contributed by atoms with E-state index in [1.165, 1.54) is 6.07 Å². The quantitative estimate of drug-likeness (QED) is 0.899. The molecule has 2 rings (SSSR count). The van der Waals surface area contributed by atoms with Crippen LogP contribution in [0.2, 0.25) is 0 Å². The van der Waals surface area contributed by atoms with Crippen LogP contribution in [0.15, 0.2) is 18.2 Å². The highest BCUT2D eigenvalue weighted by atomic mass is 19.1. The fourth-order valence-electron chi connectivity index (χ4n) is 2.99. The van der Waals surface area contributed by atoms with Crippen molar-refractivity contribution in [3.63, 3.8) is 0 Å². The maximum Gasteiger partial charge on any atom is 0.146 e. The molecule has 19 heavy (non-hydrogen) atoms. The standard InChI is InChI=1S/C16H24FNO/c1-11(2)13-7-9-18(10-8-13)16-14(12(3)19)5-4-6-15(16)17/h4-6,11-13,19H,7-10H2,1-3H3. The maximum atomic E-state index is 14.1. The van der Waals surface area contributed by atoms with Crippen LogP contribution in [-0.2, 0) is 0 Å². The van der Waals surface area contributed by atoms with Crippen molar-refractivity contribution in [3.05, 3.63) is 29.6 Å². The first kappa shape index (κ1) is 14.3. The average molecular weight is 265 g/mol. The number of nitrogens with zero attached hydrogens (tertiary/aromatic N) is 1. The predicted octanol–water partition coefficient (Wildman–Crippen LogP) is 3.75. The highest BCUT2D eigenvalue weighted by molar-refractivity contribution is 5.56. The van der Waals surface area contributed by atoms with Gasteiger partial charge in [0, 0.05) is 18.7 Å². The molecule has 1 aliphatic rings. The SMILES string of the molecule is CC(O)c1cccc(F)c1N1CCC(C(C)C)CC1. The van der Waals surface area contributed by atoms with Crippen LogP contribution >= 0.6 is 0 Å². The summed E-state index contributed by atoms with van der Waals surface area (Å²) in [6.07, 6.45) is 1.57. The van der Waals surface area contributed by atoms with Gasteiger partial charge in [-0.1, -0.05) is 26.0 Å². The van der Waals surface area contributed by atoms with Gasteiger partial charge in [-0.2, -0.15) is 0 Å². The Kier molecular flexibility index (Phi) is 4.46. The van der Waals surface area contributed by atoms with Crippen LogP contribution in [0.3, 0.4) is 0 Å². The lowest BCUT2D eigenvalue weighted by Gasteiger charge is -2.36. The van der Waals surface area contributed by atoms with E-state index < -0.39 is 6.10 Å². The van der Waals surface area contributed by atoms with Crippen molar-refractivity contribution < 1.29 is 9.50 Å². The molecule has 1 saturated heterocycles. The van der Waals surface area contributed by atoms with Crippen LogP contribution in [0.4, 0.5) is 10.1 Å². The molecule has 3 heteroatoms. The molecule has 1 unspecified atom stereocenters. The molecule has 1 aromatic carbocycles. The zero-order valence-electron chi connectivity index (χ0n) is 12.1. The molecule has 0 amide bonds. The van der Waals surface area contributed by atoms with Crippen LogP contribution < -0.4 is 4.90 Å². The number of piperidine rings is 1. The van der Waals surface area contributed by atoms with E-state index in [2.05, 4.69) is 18.7 Å². The molecule has 0 radical (unpaired) electrons. The van der Waals surface area contributed by atoms with Gasteiger partial charge in [0.1, 0.15) is 5.82 Å². The second kappa shape index (κ2) is 5.91. The molecule has 1 aromatic rings. The molecule has 0 saturated carbocycles. The number of hydrogen-bond acceptors (Lipinski definition) is 2. The number of benzene rings is 1. The highest BCUT2D eigenvalue weighted by Crippen LogP contribution is 2.33. The molecule has 106 valence electrons. The van der Waals surface area contributed by atoms with Crippen LogP contribution in [0.1, 0.15) is 45.3 Å². The minimum atomic E-state index is -0.631. The third-order valence-corrected chi connectivity index (χ3v) is 4.27. The van der Waals surface area contributed by atoms with Crippen molar-refractivity contribution in [2.45, 2.75) is 39.7 Å². The predicted molar refractivity (Wildman–Crippen MR) is 76.8 cm³/mol. The normalized spacial score (nSPS) is 18.9. The first-order valence-corrected chi connectivity index (χ1v) is 7.22. The van der Waals surface area contributed by atoms with Gasteiger partial charge in [-0.3, -0.25) is 0 Å². The Bertz CT molecular complexity index is 423. The summed E-state index contributed by atoms with van der Waals surface area (Å²) in [5.41, 5.74) is 1.29. The molecule has 1 aliphatic heterocycles. The van der Waals surface area contributed by atoms with Crippen molar-refractivity contribution in [1.29, 1.82) is 0 Å². The topological polar surface area (TPSA) is 23.5 Å². The summed E-state index contributed by atoms with van der Waals surface area (Å²) in [7, 11) is 0. The Hall–Kier alpha value is -1.09. The number of para-hydroxylation sites is 1. The molecule has 1 fully saturated rings. The number of aliphatic hydroxyl groups is 1. The lowest BCUT2D eigenvalue weighted by Crippen LogP contribution is -2.36. The van der Waals surface area contributed by atoms with Crippen LogP contribution in [0.5, 0.6) is 0 Å². The first-order valence-electron chi connectivity index (χ1n) is 7.22. The third kappa shape index (κ3) is 3.08. The van der Waals surface area contributed by atoms with Gasteiger partial charge in [0.2, 0.25) is 0 Å². The summed E-state index contributed by atoms with van der Waals surface area (Å²) < 4.78 is 14.1. The fraction of sp³-hybridized carbons (Fsp3) is 0.625. The van der Waals surface area contributed by atoms with Gasteiger partial charge in [0.05, 0.1) is 11.8 Å². The van der Waals surface area contributed by atoms with Crippen molar-refractivity contribution in [1.82, 2.24) is 0 Å². The minimum absolute atomic E-state index is 0.221. The number of aliphatic hydroxyl groups excluding tert-OH is 1. The summed E-state index contributed by atoms with van der Waals surface area (Å²) in [6.45, 7) is 7.96. The van der Waals surface area contributed by atoms with Crippen molar-refractivity contribution in [3.8, 4) is 0 Å². The Labute approximate surface area is 115 Å². The van der Waals surface area contributed by atoms with Crippen molar-refractivity contribution in [2.75, 3.05) is 18.0 Å². The molecule has 2 nitrogen and oxygen atoms in total. The van der Waals surface area contributed by atoms with Crippen LogP contribution in [-0.4, -0.2) is 18.2 Å². The average Bonchev–Trinajstić information content (AvgIpc) is 2.38. The molecular formula is C16H24FNO. The first-order chi connectivity index (χ1) is 9.00. The summed E-state index contributed by atoms with van der Waals surface area (Å²) in [5, 5.41) is 9.81. The monoisotopic (exact) mass is 265 g/mol. The van der Waals surface area contributed by atoms with Gasteiger partial charge >= 0.3 is 0 Å². The van der Waals surface area contributed by atoms with E-state index in [9.17, 15) is 9.50 Å². The van der Waals surface area contributed by atoms with Crippen LogP contribution in [0.25, 0.3) is 0 Å². The van der Waals surface area contributed by atoms with E-state index in [1.54, 1.807) is 13.0 Å². The van der Waals surface area contributed by atoms with E-state index in [4.69, 9.17) is 0 Å². The number of halogens is 1. The Morgan fingerprint density at radius 3 is 2.37 bits per heavy atom. The largest absolute Gasteiger partial charge is 0.389 e. The zero-order valence-corrected chi connectivity index (χ0v) is 12.1. The second-order valence-electron chi connectivity index (χ2n) is 5.92. The molecule has 1 heterocycles. The lowest BCUT2D eigenvalue weighted by atomic mass is 9.86. The van der Waals surface area contributed by atoms with Crippen LogP contribution in [0, 0.1) is 17.7 Å². The lowest BCUT2D eigenvalue weighted by molar-refractivity contribution is 0.198. The molecule has 1 N–H and O–H groups in total. The van der Waals surface area contributed by atoms with E-state index in [1.807, 2.05) is 6.07 Å². The third-order valence-electron chi connectivity index (χ3n) is 4.27. The summed E-state index contributed by atoms with van der Waals surface area (Å²) in [5.74, 6) is 1.21. The van der Waals surface area contributed by atoms with E-state index in [0.29, 0.717) is 17.2 Å². The van der Waals surface area contributed by atoms with Gasteiger partial charge in [-0.25, -0.2) is 4.39 Å².